The van der Waals surface area contributed by atoms with E-state index in [9.17, 15) is 0 Å². The average molecular weight is 717 g/mol. The van der Waals surface area contributed by atoms with Crippen molar-refractivity contribution in [1.29, 1.82) is 0 Å². The Hall–Kier alpha value is -6.24. The average Bonchev–Trinajstić information content (AvgIpc) is 3.71. The first-order chi connectivity index (χ1) is 27.1. The molecule has 11 rings (SSSR count). The van der Waals surface area contributed by atoms with Crippen LogP contribution in [0.15, 0.2) is 158 Å². The maximum absolute atomic E-state index is 2.43. The molecule has 9 aromatic carbocycles. The second-order valence-corrected chi connectivity index (χ2v) is 18.0. The lowest BCUT2D eigenvalue weighted by Crippen LogP contribution is -2.10. The predicted molar refractivity (Wildman–Crippen MR) is 242 cm³/mol. The molecule has 0 bridgehead atoms. The summed E-state index contributed by atoms with van der Waals surface area (Å²) in [5.74, 6) is 0. The minimum atomic E-state index is 0.0786. The first-order valence-corrected chi connectivity index (χ1v) is 20.1. The van der Waals surface area contributed by atoms with Gasteiger partial charge in [-0.1, -0.05) is 199 Å². The SMILES string of the molecule is CC(C)(C)c1ccc(-c2c3c(c(-c4ccc(C(C)(C)C)cc4)c4ccccc24)-c2ccc(-c4ccc5c6c(cccc46)-c4ccccc4-5)c4cccc-3c24)cc1. The summed E-state index contributed by atoms with van der Waals surface area (Å²) in [5, 5.41) is 7.92. The van der Waals surface area contributed by atoms with E-state index in [1.54, 1.807) is 0 Å². The summed E-state index contributed by atoms with van der Waals surface area (Å²) in [4.78, 5) is 0. The standard InChI is InChI=1S/C56H44/c1-55(2,3)35-25-21-33(22-26-35)49-44-15-9-10-16-45(44)50(34-23-27-36(28-24-34)56(4,5)6)54-48-32-30-40(43-19-12-20-47(52(43)48)53(49)54)39-29-31-46-38-14-8-7-13-37(38)41-17-11-18-42(39)51(41)46/h7-32H,1-6H3. The third-order valence-corrected chi connectivity index (χ3v) is 12.7. The highest BCUT2D eigenvalue weighted by Gasteiger charge is 2.32. The molecule has 0 nitrogen and oxygen atoms in total. The molecule has 56 heavy (non-hydrogen) atoms. The zero-order valence-electron chi connectivity index (χ0n) is 33.0. The molecule has 268 valence electrons. The zero-order chi connectivity index (χ0) is 38.1. The summed E-state index contributed by atoms with van der Waals surface area (Å²) in [5.41, 5.74) is 21.3. The van der Waals surface area contributed by atoms with E-state index in [0.717, 1.165) is 0 Å². The van der Waals surface area contributed by atoms with Crippen molar-refractivity contribution in [3.63, 3.8) is 0 Å². The second-order valence-electron chi connectivity index (χ2n) is 18.0. The molecule has 0 saturated carbocycles. The van der Waals surface area contributed by atoms with Gasteiger partial charge in [-0.3, -0.25) is 0 Å². The van der Waals surface area contributed by atoms with Crippen LogP contribution in [0.4, 0.5) is 0 Å². The topological polar surface area (TPSA) is 0 Å². The summed E-state index contributed by atoms with van der Waals surface area (Å²) >= 11 is 0. The Kier molecular flexibility index (Phi) is 6.88. The van der Waals surface area contributed by atoms with Gasteiger partial charge >= 0.3 is 0 Å². The van der Waals surface area contributed by atoms with E-state index in [-0.39, 0.29) is 10.8 Å². The van der Waals surface area contributed by atoms with Crippen LogP contribution in [0.3, 0.4) is 0 Å². The Labute approximate surface area is 330 Å². The normalized spacial score (nSPS) is 12.8. The van der Waals surface area contributed by atoms with E-state index in [1.807, 2.05) is 0 Å². The number of rotatable bonds is 3. The summed E-state index contributed by atoms with van der Waals surface area (Å²) < 4.78 is 0. The maximum Gasteiger partial charge on any atom is -0.000741 e. The Morgan fingerprint density at radius 2 is 0.589 bits per heavy atom. The van der Waals surface area contributed by atoms with Gasteiger partial charge in [0.15, 0.2) is 0 Å². The van der Waals surface area contributed by atoms with Crippen molar-refractivity contribution in [2.75, 3.05) is 0 Å². The summed E-state index contributed by atoms with van der Waals surface area (Å²) in [7, 11) is 0. The third kappa shape index (κ3) is 4.66. The Morgan fingerprint density at radius 1 is 0.250 bits per heavy atom. The molecule has 0 saturated heterocycles. The van der Waals surface area contributed by atoms with Gasteiger partial charge < -0.3 is 0 Å². The van der Waals surface area contributed by atoms with Gasteiger partial charge in [0, 0.05) is 0 Å². The van der Waals surface area contributed by atoms with Crippen molar-refractivity contribution in [2.45, 2.75) is 52.4 Å². The van der Waals surface area contributed by atoms with Crippen molar-refractivity contribution in [1.82, 2.24) is 0 Å². The van der Waals surface area contributed by atoms with Crippen molar-refractivity contribution in [2.24, 2.45) is 0 Å². The lowest BCUT2D eigenvalue weighted by Gasteiger charge is -2.23. The highest BCUT2D eigenvalue weighted by atomic mass is 14.3. The first kappa shape index (κ1) is 33.1. The predicted octanol–water partition coefficient (Wildman–Crippen LogP) is 16.0. The van der Waals surface area contributed by atoms with Crippen LogP contribution in [0.1, 0.15) is 52.7 Å². The highest BCUT2D eigenvalue weighted by molar-refractivity contribution is 6.29. The van der Waals surface area contributed by atoms with Crippen LogP contribution in [0.25, 0.3) is 110 Å². The molecule has 0 heterocycles. The molecule has 0 aromatic heterocycles. The molecule has 0 spiro atoms. The summed E-state index contributed by atoms with van der Waals surface area (Å²) in [6, 6.07) is 60.2. The number of fused-ring (bicyclic) bond motifs is 7. The van der Waals surface area contributed by atoms with Crippen molar-refractivity contribution >= 4 is 32.3 Å². The van der Waals surface area contributed by atoms with Crippen molar-refractivity contribution < 1.29 is 0 Å². The third-order valence-electron chi connectivity index (χ3n) is 12.7. The summed E-state index contributed by atoms with van der Waals surface area (Å²) in [6.45, 7) is 13.8. The van der Waals surface area contributed by atoms with Crippen molar-refractivity contribution in [3.05, 3.63) is 169 Å². The molecule has 2 aliphatic rings. The van der Waals surface area contributed by atoms with Gasteiger partial charge in [-0.05, 0) is 132 Å². The van der Waals surface area contributed by atoms with Gasteiger partial charge in [0.25, 0.3) is 0 Å². The van der Waals surface area contributed by atoms with Gasteiger partial charge in [0.2, 0.25) is 0 Å². The zero-order valence-corrected chi connectivity index (χ0v) is 33.0. The van der Waals surface area contributed by atoms with Crippen LogP contribution in [0.2, 0.25) is 0 Å². The van der Waals surface area contributed by atoms with Crippen molar-refractivity contribution in [3.8, 4) is 77.9 Å². The van der Waals surface area contributed by atoms with E-state index >= 15 is 0 Å². The number of hydrogen-bond acceptors (Lipinski definition) is 0. The van der Waals surface area contributed by atoms with Crippen LogP contribution >= 0.6 is 0 Å². The van der Waals surface area contributed by atoms with Crippen LogP contribution < -0.4 is 0 Å². The van der Waals surface area contributed by atoms with E-state index in [4.69, 9.17) is 0 Å². The highest BCUT2D eigenvalue weighted by Crippen LogP contribution is 2.59. The second kappa shape index (κ2) is 11.6. The quantitative estimate of drug-likeness (QED) is 0.171. The van der Waals surface area contributed by atoms with Gasteiger partial charge in [0.1, 0.15) is 0 Å². The molecule has 2 aliphatic carbocycles. The fourth-order valence-electron chi connectivity index (χ4n) is 9.95. The van der Waals surface area contributed by atoms with Crippen LogP contribution in [0, 0.1) is 0 Å². The number of hydrogen-bond donors (Lipinski definition) is 0. The van der Waals surface area contributed by atoms with Gasteiger partial charge in [-0.25, -0.2) is 0 Å². The lowest BCUT2D eigenvalue weighted by molar-refractivity contribution is 0.590. The first-order valence-electron chi connectivity index (χ1n) is 20.1. The van der Waals surface area contributed by atoms with E-state index in [1.165, 1.54) is 121 Å². The molecule has 0 heteroatoms. The van der Waals surface area contributed by atoms with Gasteiger partial charge in [0.05, 0.1) is 0 Å². The molecule has 0 N–H and O–H groups in total. The molecule has 0 aliphatic heterocycles. The minimum Gasteiger partial charge on any atom is -0.0616 e. The molecule has 9 aromatic rings. The summed E-state index contributed by atoms with van der Waals surface area (Å²) in [6.07, 6.45) is 0. The molecular weight excluding hydrogens is 673 g/mol. The Balaban J connectivity index is 1.22. The smallest absolute Gasteiger partial charge is 0.000741 e. The Bertz CT molecular complexity index is 2960. The lowest BCUT2D eigenvalue weighted by atomic mass is 9.80. The number of benzene rings is 9. The molecular formula is C56H44. The maximum atomic E-state index is 2.43. The molecule has 0 unspecified atom stereocenters. The van der Waals surface area contributed by atoms with Crippen LogP contribution in [0.5, 0.6) is 0 Å². The Morgan fingerprint density at radius 3 is 1.07 bits per heavy atom. The fraction of sp³-hybridized carbons (Fsp3) is 0.143. The van der Waals surface area contributed by atoms with E-state index < -0.39 is 0 Å². The van der Waals surface area contributed by atoms with E-state index in [0.29, 0.717) is 0 Å². The fourth-order valence-corrected chi connectivity index (χ4v) is 9.95. The van der Waals surface area contributed by atoms with Gasteiger partial charge in [-0.2, -0.15) is 0 Å². The molecule has 0 amide bonds. The minimum absolute atomic E-state index is 0.0786. The largest absolute Gasteiger partial charge is 0.0616 e. The van der Waals surface area contributed by atoms with Crippen LogP contribution in [-0.4, -0.2) is 0 Å². The molecule has 0 radical (unpaired) electrons. The van der Waals surface area contributed by atoms with Crippen LogP contribution in [-0.2, 0) is 10.8 Å². The van der Waals surface area contributed by atoms with Gasteiger partial charge in [-0.15, -0.1) is 0 Å². The molecule has 0 atom stereocenters. The molecule has 0 fully saturated rings. The van der Waals surface area contributed by atoms with E-state index in [2.05, 4.69) is 199 Å². The monoisotopic (exact) mass is 716 g/mol.